The first kappa shape index (κ1) is 13.3. The van der Waals surface area contributed by atoms with Gasteiger partial charge in [-0.1, -0.05) is 25.4 Å². The molecule has 0 spiro atoms. The number of halogens is 1. The highest BCUT2D eigenvalue weighted by molar-refractivity contribution is 6.30. The van der Waals surface area contributed by atoms with Crippen molar-refractivity contribution in [2.24, 2.45) is 0 Å². The molecule has 0 amide bonds. The van der Waals surface area contributed by atoms with Gasteiger partial charge >= 0.3 is 0 Å². The Hall–Kier alpha value is -0.730. The molecule has 0 saturated heterocycles. The average Bonchev–Trinajstić information content (AvgIpc) is 2.27. The quantitative estimate of drug-likeness (QED) is 0.820. The average molecular weight is 241 g/mol. The summed E-state index contributed by atoms with van der Waals surface area (Å²) in [6.45, 7) is 10.7. The summed E-state index contributed by atoms with van der Waals surface area (Å²) in [6.07, 6.45) is 0. The molecule has 1 rings (SSSR count). The first-order chi connectivity index (χ1) is 7.67. The largest absolute Gasteiger partial charge is 0.384 e. The number of benzene rings is 1. The topological polar surface area (TPSA) is 15.3 Å². The van der Waals surface area contributed by atoms with Crippen LogP contribution in [0.4, 0.5) is 5.69 Å². The van der Waals surface area contributed by atoms with Gasteiger partial charge < -0.3 is 10.2 Å². The van der Waals surface area contributed by atoms with Crippen molar-refractivity contribution in [1.29, 1.82) is 0 Å². The lowest BCUT2D eigenvalue weighted by Gasteiger charge is -2.19. The second-order valence-electron chi connectivity index (χ2n) is 3.91. The fourth-order valence-corrected chi connectivity index (χ4v) is 1.94. The fraction of sp³-hybridized carbons (Fsp3) is 0.538. The van der Waals surface area contributed by atoms with E-state index in [9.17, 15) is 0 Å². The molecule has 90 valence electrons. The van der Waals surface area contributed by atoms with Crippen LogP contribution < -0.4 is 5.32 Å². The van der Waals surface area contributed by atoms with E-state index in [4.69, 9.17) is 11.6 Å². The third-order valence-corrected chi connectivity index (χ3v) is 3.06. The van der Waals surface area contributed by atoms with Gasteiger partial charge in [0.25, 0.3) is 0 Å². The van der Waals surface area contributed by atoms with Gasteiger partial charge in [-0.15, -0.1) is 0 Å². The van der Waals surface area contributed by atoms with Crippen molar-refractivity contribution in [1.82, 2.24) is 4.90 Å². The molecule has 0 radical (unpaired) electrons. The molecule has 1 aromatic carbocycles. The molecular formula is C13H21ClN2. The molecule has 0 bridgehead atoms. The van der Waals surface area contributed by atoms with E-state index in [0.717, 1.165) is 31.2 Å². The van der Waals surface area contributed by atoms with Crippen LogP contribution >= 0.6 is 11.6 Å². The van der Waals surface area contributed by atoms with E-state index in [1.165, 1.54) is 11.3 Å². The van der Waals surface area contributed by atoms with Crippen LogP contribution in [0.1, 0.15) is 19.4 Å². The molecule has 1 aromatic rings. The van der Waals surface area contributed by atoms with Crippen LogP contribution in [0.2, 0.25) is 5.02 Å². The fourth-order valence-electron chi connectivity index (χ4n) is 1.71. The van der Waals surface area contributed by atoms with Crippen molar-refractivity contribution >= 4 is 17.3 Å². The molecule has 2 nitrogen and oxygen atoms in total. The van der Waals surface area contributed by atoms with Gasteiger partial charge in [0, 0.05) is 23.8 Å². The minimum Gasteiger partial charge on any atom is -0.384 e. The number of anilines is 1. The van der Waals surface area contributed by atoms with Gasteiger partial charge in [-0.25, -0.2) is 0 Å². The molecule has 1 N–H and O–H groups in total. The maximum absolute atomic E-state index is 5.91. The molecule has 0 aliphatic heterocycles. The SMILES string of the molecule is CCN(CC)CCNc1ccc(Cl)cc1C. The Kier molecular flexibility index (Phi) is 5.64. The molecule has 16 heavy (non-hydrogen) atoms. The molecular weight excluding hydrogens is 220 g/mol. The predicted octanol–water partition coefficient (Wildman–Crippen LogP) is 3.40. The van der Waals surface area contributed by atoms with Crippen LogP contribution in [0, 0.1) is 6.92 Å². The Labute approximate surface area is 104 Å². The molecule has 3 heteroatoms. The van der Waals surface area contributed by atoms with E-state index >= 15 is 0 Å². The van der Waals surface area contributed by atoms with Crippen LogP contribution in [0.15, 0.2) is 18.2 Å². The first-order valence-corrected chi connectivity index (χ1v) is 6.27. The smallest absolute Gasteiger partial charge is 0.0410 e. The number of hydrogen-bond acceptors (Lipinski definition) is 2. The Morgan fingerprint density at radius 3 is 2.50 bits per heavy atom. The summed E-state index contributed by atoms with van der Waals surface area (Å²) in [5, 5.41) is 4.24. The van der Waals surface area contributed by atoms with E-state index in [1.54, 1.807) is 0 Å². The standard InChI is InChI=1S/C13H21ClN2/c1-4-16(5-2)9-8-15-13-7-6-12(14)10-11(13)3/h6-7,10,15H,4-5,8-9H2,1-3H3. The first-order valence-electron chi connectivity index (χ1n) is 5.89. The second kappa shape index (κ2) is 6.77. The Bertz CT molecular complexity index is 322. The van der Waals surface area contributed by atoms with Crippen LogP contribution in [0.25, 0.3) is 0 Å². The van der Waals surface area contributed by atoms with Gasteiger partial charge in [0.1, 0.15) is 0 Å². The number of aryl methyl sites for hydroxylation is 1. The van der Waals surface area contributed by atoms with Crippen molar-refractivity contribution in [2.75, 3.05) is 31.5 Å². The summed E-state index contributed by atoms with van der Waals surface area (Å²) in [7, 11) is 0. The van der Waals surface area contributed by atoms with Crippen molar-refractivity contribution in [3.05, 3.63) is 28.8 Å². The molecule has 0 saturated carbocycles. The lowest BCUT2D eigenvalue weighted by Crippen LogP contribution is -2.28. The lowest BCUT2D eigenvalue weighted by molar-refractivity contribution is 0.316. The molecule has 0 aliphatic rings. The number of rotatable bonds is 6. The molecule has 0 atom stereocenters. The van der Waals surface area contributed by atoms with Crippen LogP contribution in [-0.4, -0.2) is 31.1 Å². The molecule has 0 aliphatic carbocycles. The summed E-state index contributed by atoms with van der Waals surface area (Å²) in [6, 6.07) is 5.95. The molecule has 0 fully saturated rings. The number of nitrogens with zero attached hydrogens (tertiary/aromatic N) is 1. The van der Waals surface area contributed by atoms with Gasteiger partial charge in [-0.2, -0.15) is 0 Å². The van der Waals surface area contributed by atoms with Crippen molar-refractivity contribution in [3.63, 3.8) is 0 Å². The summed E-state index contributed by atoms with van der Waals surface area (Å²) in [5.41, 5.74) is 2.38. The zero-order chi connectivity index (χ0) is 12.0. The van der Waals surface area contributed by atoms with Gasteiger partial charge in [0.2, 0.25) is 0 Å². The van der Waals surface area contributed by atoms with Crippen LogP contribution in [0.3, 0.4) is 0 Å². The highest BCUT2D eigenvalue weighted by atomic mass is 35.5. The van der Waals surface area contributed by atoms with Gasteiger partial charge in [-0.3, -0.25) is 0 Å². The highest BCUT2D eigenvalue weighted by Crippen LogP contribution is 2.19. The highest BCUT2D eigenvalue weighted by Gasteiger charge is 2.00. The zero-order valence-corrected chi connectivity index (χ0v) is 11.1. The number of hydrogen-bond donors (Lipinski definition) is 1. The van der Waals surface area contributed by atoms with Crippen molar-refractivity contribution in [3.8, 4) is 0 Å². The Balaban J connectivity index is 2.42. The number of nitrogens with one attached hydrogen (secondary N) is 1. The van der Waals surface area contributed by atoms with E-state index < -0.39 is 0 Å². The molecule has 0 aromatic heterocycles. The summed E-state index contributed by atoms with van der Waals surface area (Å²) in [4.78, 5) is 2.40. The predicted molar refractivity (Wildman–Crippen MR) is 72.5 cm³/mol. The minimum absolute atomic E-state index is 0.798. The van der Waals surface area contributed by atoms with E-state index in [-0.39, 0.29) is 0 Å². The zero-order valence-electron chi connectivity index (χ0n) is 10.4. The summed E-state index contributed by atoms with van der Waals surface area (Å²) < 4.78 is 0. The van der Waals surface area contributed by atoms with E-state index in [2.05, 4.69) is 31.0 Å². The monoisotopic (exact) mass is 240 g/mol. The lowest BCUT2D eigenvalue weighted by atomic mass is 10.2. The summed E-state index contributed by atoms with van der Waals surface area (Å²) in [5.74, 6) is 0. The van der Waals surface area contributed by atoms with E-state index in [0.29, 0.717) is 0 Å². The van der Waals surface area contributed by atoms with Gasteiger partial charge in [-0.05, 0) is 43.8 Å². The minimum atomic E-state index is 0.798. The Morgan fingerprint density at radius 1 is 1.25 bits per heavy atom. The van der Waals surface area contributed by atoms with Crippen LogP contribution in [0.5, 0.6) is 0 Å². The summed E-state index contributed by atoms with van der Waals surface area (Å²) >= 11 is 5.91. The van der Waals surface area contributed by atoms with E-state index in [1.807, 2.05) is 18.2 Å². The number of likely N-dealkylation sites (N-methyl/N-ethyl adjacent to an activating group) is 1. The van der Waals surface area contributed by atoms with Gasteiger partial charge in [0.15, 0.2) is 0 Å². The van der Waals surface area contributed by atoms with Gasteiger partial charge in [0.05, 0.1) is 0 Å². The maximum Gasteiger partial charge on any atom is 0.0410 e. The molecule has 0 heterocycles. The maximum atomic E-state index is 5.91. The van der Waals surface area contributed by atoms with Crippen molar-refractivity contribution < 1.29 is 0 Å². The second-order valence-corrected chi connectivity index (χ2v) is 4.35. The Morgan fingerprint density at radius 2 is 1.94 bits per heavy atom. The van der Waals surface area contributed by atoms with Crippen molar-refractivity contribution in [2.45, 2.75) is 20.8 Å². The normalized spacial score (nSPS) is 10.8. The molecule has 0 unspecified atom stereocenters. The van der Waals surface area contributed by atoms with Crippen LogP contribution in [-0.2, 0) is 0 Å². The third-order valence-electron chi connectivity index (χ3n) is 2.83. The third kappa shape index (κ3) is 4.03.